The predicted molar refractivity (Wildman–Crippen MR) is 90.0 cm³/mol. The number of hydrazone groups is 1. The van der Waals surface area contributed by atoms with E-state index in [1.807, 2.05) is 5.43 Å². The normalized spacial score (nSPS) is 11.4. The van der Waals surface area contributed by atoms with Gasteiger partial charge in [0.15, 0.2) is 0 Å². The SMILES string of the molecule is O=C(NN=Cc1cccc(Br)c1)C(=O)Nc1cccc(C(F)(F)F)c1. The third kappa shape index (κ3) is 5.71. The van der Waals surface area contributed by atoms with Crippen molar-refractivity contribution in [1.82, 2.24) is 5.43 Å². The lowest BCUT2D eigenvalue weighted by atomic mass is 10.2. The maximum Gasteiger partial charge on any atom is 0.416 e. The lowest BCUT2D eigenvalue weighted by Gasteiger charge is -2.09. The first kappa shape index (κ1) is 18.7. The summed E-state index contributed by atoms with van der Waals surface area (Å²) < 4.78 is 38.6. The molecular weight excluding hydrogens is 403 g/mol. The third-order valence-corrected chi connectivity index (χ3v) is 3.38. The maximum absolute atomic E-state index is 12.6. The zero-order valence-corrected chi connectivity index (χ0v) is 14.1. The molecule has 2 rings (SSSR count). The van der Waals surface area contributed by atoms with E-state index in [9.17, 15) is 22.8 Å². The largest absolute Gasteiger partial charge is 0.416 e. The summed E-state index contributed by atoms with van der Waals surface area (Å²) in [6.45, 7) is 0. The van der Waals surface area contributed by atoms with Crippen molar-refractivity contribution in [3.8, 4) is 0 Å². The molecule has 2 N–H and O–H groups in total. The Morgan fingerprint density at radius 2 is 1.76 bits per heavy atom. The summed E-state index contributed by atoms with van der Waals surface area (Å²) >= 11 is 3.27. The summed E-state index contributed by atoms with van der Waals surface area (Å²) in [5.41, 5.74) is 1.59. The Labute approximate surface area is 149 Å². The van der Waals surface area contributed by atoms with Crippen molar-refractivity contribution >= 4 is 39.6 Å². The number of alkyl halides is 3. The van der Waals surface area contributed by atoms with Crippen LogP contribution in [-0.4, -0.2) is 18.0 Å². The van der Waals surface area contributed by atoms with Crippen LogP contribution in [0, 0.1) is 0 Å². The second kappa shape index (κ2) is 7.93. The van der Waals surface area contributed by atoms with E-state index >= 15 is 0 Å². The van der Waals surface area contributed by atoms with Crippen LogP contribution >= 0.6 is 15.9 Å². The van der Waals surface area contributed by atoms with Gasteiger partial charge in [-0.15, -0.1) is 0 Å². The fourth-order valence-electron chi connectivity index (χ4n) is 1.76. The van der Waals surface area contributed by atoms with Gasteiger partial charge in [0, 0.05) is 10.2 Å². The van der Waals surface area contributed by atoms with Gasteiger partial charge >= 0.3 is 18.0 Å². The van der Waals surface area contributed by atoms with Crippen molar-refractivity contribution in [3.05, 3.63) is 64.1 Å². The Hall–Kier alpha value is -2.68. The fourth-order valence-corrected chi connectivity index (χ4v) is 2.18. The molecule has 9 heteroatoms. The smallest absolute Gasteiger partial charge is 0.318 e. The molecule has 2 aromatic carbocycles. The highest BCUT2D eigenvalue weighted by Gasteiger charge is 2.30. The van der Waals surface area contributed by atoms with E-state index in [1.54, 1.807) is 24.3 Å². The van der Waals surface area contributed by atoms with Crippen LogP contribution in [0.5, 0.6) is 0 Å². The molecule has 0 atom stereocenters. The van der Waals surface area contributed by atoms with E-state index in [0.29, 0.717) is 5.56 Å². The summed E-state index contributed by atoms with van der Waals surface area (Å²) in [5.74, 6) is -2.24. The standard InChI is InChI=1S/C16H11BrF3N3O2/c17-12-5-1-3-10(7-12)9-21-23-15(25)14(24)22-13-6-2-4-11(8-13)16(18,19)20/h1-9H,(H,22,24)(H,23,25). The van der Waals surface area contributed by atoms with E-state index in [2.05, 4.69) is 26.3 Å². The molecule has 0 radical (unpaired) electrons. The topological polar surface area (TPSA) is 70.6 Å². The van der Waals surface area contributed by atoms with Gasteiger partial charge < -0.3 is 5.32 Å². The van der Waals surface area contributed by atoms with Gasteiger partial charge in [0.2, 0.25) is 0 Å². The van der Waals surface area contributed by atoms with Crippen LogP contribution in [0.15, 0.2) is 58.1 Å². The summed E-state index contributed by atoms with van der Waals surface area (Å²) in [6, 6.07) is 11.0. The third-order valence-electron chi connectivity index (χ3n) is 2.88. The van der Waals surface area contributed by atoms with E-state index in [1.165, 1.54) is 12.3 Å². The number of carbonyl (C=O) groups is 2. The lowest BCUT2D eigenvalue weighted by Crippen LogP contribution is -2.32. The predicted octanol–water partition coefficient (Wildman–Crippen LogP) is 3.56. The number of benzene rings is 2. The molecule has 0 fully saturated rings. The van der Waals surface area contributed by atoms with Gasteiger partial charge in [-0.2, -0.15) is 18.3 Å². The number of halogens is 4. The van der Waals surface area contributed by atoms with Gasteiger partial charge in [-0.25, -0.2) is 5.43 Å². The number of hydrogen-bond donors (Lipinski definition) is 2. The first-order valence-corrected chi connectivity index (χ1v) is 7.62. The van der Waals surface area contributed by atoms with Gasteiger partial charge in [-0.3, -0.25) is 9.59 Å². The van der Waals surface area contributed by atoms with Crippen LogP contribution in [-0.2, 0) is 15.8 Å². The first-order chi connectivity index (χ1) is 11.8. The maximum atomic E-state index is 12.6. The van der Waals surface area contributed by atoms with Gasteiger partial charge in [0.25, 0.3) is 0 Å². The molecule has 2 aromatic rings. The molecule has 130 valence electrons. The zero-order valence-electron chi connectivity index (χ0n) is 12.5. The minimum absolute atomic E-state index is 0.147. The molecule has 0 saturated carbocycles. The molecule has 0 aromatic heterocycles. The second-order valence-electron chi connectivity index (χ2n) is 4.79. The van der Waals surface area contributed by atoms with Crippen LogP contribution in [0.4, 0.5) is 18.9 Å². The van der Waals surface area contributed by atoms with Crippen molar-refractivity contribution in [2.24, 2.45) is 5.10 Å². The number of anilines is 1. The average Bonchev–Trinajstić information content (AvgIpc) is 2.54. The van der Waals surface area contributed by atoms with Crippen molar-refractivity contribution in [2.75, 3.05) is 5.32 Å². The monoisotopic (exact) mass is 413 g/mol. The Morgan fingerprint density at radius 3 is 2.44 bits per heavy atom. The molecular formula is C16H11BrF3N3O2. The van der Waals surface area contributed by atoms with Gasteiger partial charge in [-0.05, 0) is 35.9 Å². The molecule has 0 unspecified atom stereocenters. The number of hydrogen-bond acceptors (Lipinski definition) is 3. The minimum Gasteiger partial charge on any atom is -0.318 e. The number of rotatable bonds is 3. The van der Waals surface area contributed by atoms with Gasteiger partial charge in [0.1, 0.15) is 0 Å². The molecule has 0 saturated heterocycles. The highest BCUT2D eigenvalue weighted by Crippen LogP contribution is 2.30. The molecule has 25 heavy (non-hydrogen) atoms. The summed E-state index contributed by atoms with van der Waals surface area (Å²) in [5, 5.41) is 5.70. The molecule has 0 heterocycles. The van der Waals surface area contributed by atoms with Gasteiger partial charge in [-0.1, -0.05) is 34.1 Å². The lowest BCUT2D eigenvalue weighted by molar-refractivity contribution is -0.137. The quantitative estimate of drug-likeness (QED) is 0.458. The highest BCUT2D eigenvalue weighted by atomic mass is 79.9. The van der Waals surface area contributed by atoms with Crippen LogP contribution in [0.25, 0.3) is 0 Å². The molecule has 0 aliphatic heterocycles. The van der Waals surface area contributed by atoms with E-state index in [0.717, 1.165) is 22.7 Å². The Kier molecular flexibility index (Phi) is 5.92. The van der Waals surface area contributed by atoms with Crippen LogP contribution in [0.1, 0.15) is 11.1 Å². The van der Waals surface area contributed by atoms with Crippen LogP contribution in [0.2, 0.25) is 0 Å². The fraction of sp³-hybridized carbons (Fsp3) is 0.0625. The summed E-state index contributed by atoms with van der Waals surface area (Å²) in [6.07, 6.45) is -3.22. The van der Waals surface area contributed by atoms with Crippen molar-refractivity contribution < 1.29 is 22.8 Å². The average molecular weight is 414 g/mol. The summed E-state index contributed by atoms with van der Waals surface area (Å²) in [4.78, 5) is 23.3. The highest BCUT2D eigenvalue weighted by molar-refractivity contribution is 9.10. The molecule has 5 nitrogen and oxygen atoms in total. The van der Waals surface area contributed by atoms with Crippen molar-refractivity contribution in [3.63, 3.8) is 0 Å². The van der Waals surface area contributed by atoms with Crippen LogP contribution < -0.4 is 10.7 Å². The Balaban J connectivity index is 1.95. The van der Waals surface area contributed by atoms with Crippen molar-refractivity contribution in [2.45, 2.75) is 6.18 Å². The number of nitrogens with one attached hydrogen (secondary N) is 2. The molecule has 0 spiro atoms. The van der Waals surface area contributed by atoms with E-state index < -0.39 is 23.6 Å². The van der Waals surface area contributed by atoms with Crippen LogP contribution in [0.3, 0.4) is 0 Å². The zero-order chi connectivity index (χ0) is 18.4. The number of amides is 2. The minimum atomic E-state index is -4.54. The number of nitrogens with zero attached hydrogens (tertiary/aromatic N) is 1. The molecule has 0 bridgehead atoms. The molecule has 2 amide bonds. The van der Waals surface area contributed by atoms with E-state index in [-0.39, 0.29) is 5.69 Å². The molecule has 0 aliphatic rings. The summed E-state index contributed by atoms with van der Waals surface area (Å²) in [7, 11) is 0. The van der Waals surface area contributed by atoms with Crippen molar-refractivity contribution in [1.29, 1.82) is 0 Å². The van der Waals surface area contributed by atoms with E-state index in [4.69, 9.17) is 0 Å². The second-order valence-corrected chi connectivity index (χ2v) is 5.70. The molecule has 0 aliphatic carbocycles. The Morgan fingerprint density at radius 1 is 1.04 bits per heavy atom. The Bertz CT molecular complexity index is 822. The number of carbonyl (C=O) groups excluding carboxylic acids is 2. The van der Waals surface area contributed by atoms with Gasteiger partial charge in [0.05, 0.1) is 11.8 Å². The first-order valence-electron chi connectivity index (χ1n) is 6.83.